The highest BCUT2D eigenvalue weighted by Gasteiger charge is 2.05. The van der Waals surface area contributed by atoms with E-state index in [1.54, 1.807) is 42.5 Å². The lowest BCUT2D eigenvalue weighted by Crippen LogP contribution is -1.96. The van der Waals surface area contributed by atoms with Crippen LogP contribution in [-0.4, -0.2) is 11.1 Å². The second-order valence-electron chi connectivity index (χ2n) is 6.04. The van der Waals surface area contributed by atoms with Gasteiger partial charge in [-0.2, -0.15) is 5.26 Å². The first-order valence-electron chi connectivity index (χ1n) is 8.48. The Morgan fingerprint density at radius 1 is 1.04 bits per heavy atom. The van der Waals surface area contributed by atoms with Crippen molar-refractivity contribution in [2.24, 2.45) is 0 Å². The maximum absolute atomic E-state index is 13.2. The van der Waals surface area contributed by atoms with E-state index < -0.39 is 5.97 Å². The number of hydrogen-bond donors (Lipinski definition) is 1. The third-order valence-electron chi connectivity index (χ3n) is 4.05. The first-order valence-corrected chi connectivity index (χ1v) is 8.48. The van der Waals surface area contributed by atoms with E-state index in [1.807, 2.05) is 12.1 Å². The molecule has 0 atom stereocenters. The molecular weight excluding hydrogens is 357 g/mol. The van der Waals surface area contributed by atoms with E-state index in [2.05, 4.69) is 6.07 Å². The summed E-state index contributed by atoms with van der Waals surface area (Å²) in [6.45, 7) is 0.256. The number of aromatic carboxylic acids is 1. The van der Waals surface area contributed by atoms with Gasteiger partial charge in [-0.05, 0) is 59.2 Å². The van der Waals surface area contributed by atoms with E-state index in [0.29, 0.717) is 16.9 Å². The highest BCUT2D eigenvalue weighted by molar-refractivity contribution is 5.92. The molecule has 0 aliphatic carbocycles. The highest BCUT2D eigenvalue weighted by Crippen LogP contribution is 2.21. The lowest BCUT2D eigenvalue weighted by Gasteiger charge is -2.07. The van der Waals surface area contributed by atoms with Crippen molar-refractivity contribution in [3.05, 3.63) is 101 Å². The summed E-state index contributed by atoms with van der Waals surface area (Å²) in [6, 6.07) is 21.7. The SMILES string of the molecule is N#C/C(=C/c1ccc(OCc2cccc(F)c2)cc1)c1ccc(C(=O)O)cc1. The Morgan fingerprint density at radius 3 is 2.32 bits per heavy atom. The van der Waals surface area contributed by atoms with E-state index in [9.17, 15) is 14.4 Å². The number of benzene rings is 3. The minimum Gasteiger partial charge on any atom is -0.489 e. The molecule has 0 aliphatic rings. The van der Waals surface area contributed by atoms with Crippen LogP contribution in [0, 0.1) is 17.1 Å². The monoisotopic (exact) mass is 373 g/mol. The molecule has 0 unspecified atom stereocenters. The fourth-order valence-electron chi connectivity index (χ4n) is 2.59. The molecule has 1 N–H and O–H groups in total. The van der Waals surface area contributed by atoms with Gasteiger partial charge in [0, 0.05) is 0 Å². The van der Waals surface area contributed by atoms with Gasteiger partial charge < -0.3 is 9.84 Å². The smallest absolute Gasteiger partial charge is 0.335 e. The van der Waals surface area contributed by atoms with Gasteiger partial charge in [0.2, 0.25) is 0 Å². The molecule has 138 valence electrons. The van der Waals surface area contributed by atoms with Crippen LogP contribution in [0.4, 0.5) is 4.39 Å². The number of hydrogen-bond acceptors (Lipinski definition) is 3. The second kappa shape index (κ2) is 8.65. The summed E-state index contributed by atoms with van der Waals surface area (Å²) in [5.74, 6) is -0.685. The summed E-state index contributed by atoms with van der Waals surface area (Å²) in [4.78, 5) is 10.9. The molecule has 0 radical (unpaired) electrons. The molecular formula is C23H16FNO3. The van der Waals surface area contributed by atoms with Crippen molar-refractivity contribution < 1.29 is 19.0 Å². The molecule has 3 aromatic carbocycles. The molecule has 0 bridgehead atoms. The fourth-order valence-corrected chi connectivity index (χ4v) is 2.59. The Morgan fingerprint density at radius 2 is 1.71 bits per heavy atom. The Balaban J connectivity index is 1.71. The van der Waals surface area contributed by atoms with E-state index in [-0.39, 0.29) is 18.0 Å². The minimum absolute atomic E-state index is 0.167. The average Bonchev–Trinajstić information content (AvgIpc) is 2.71. The summed E-state index contributed by atoms with van der Waals surface area (Å²) in [7, 11) is 0. The number of halogens is 1. The molecule has 3 rings (SSSR count). The molecule has 0 aromatic heterocycles. The molecule has 0 heterocycles. The van der Waals surface area contributed by atoms with Crippen molar-refractivity contribution in [1.82, 2.24) is 0 Å². The number of nitrogens with zero attached hydrogens (tertiary/aromatic N) is 1. The third kappa shape index (κ3) is 4.83. The van der Waals surface area contributed by atoms with Crippen molar-refractivity contribution in [2.45, 2.75) is 6.61 Å². The fraction of sp³-hybridized carbons (Fsp3) is 0.0435. The number of allylic oxidation sites excluding steroid dienone is 1. The molecule has 0 spiro atoms. The Labute approximate surface area is 161 Å². The topological polar surface area (TPSA) is 70.3 Å². The van der Waals surface area contributed by atoms with E-state index in [1.165, 1.54) is 24.3 Å². The van der Waals surface area contributed by atoms with Crippen molar-refractivity contribution in [3.63, 3.8) is 0 Å². The summed E-state index contributed by atoms with van der Waals surface area (Å²) in [5, 5.41) is 18.4. The maximum Gasteiger partial charge on any atom is 0.335 e. The largest absolute Gasteiger partial charge is 0.489 e. The molecule has 0 aliphatic heterocycles. The Bertz CT molecular complexity index is 1050. The van der Waals surface area contributed by atoms with Crippen LogP contribution in [0.5, 0.6) is 5.75 Å². The molecule has 0 saturated carbocycles. The van der Waals surface area contributed by atoms with Crippen molar-refractivity contribution >= 4 is 17.6 Å². The van der Waals surface area contributed by atoms with E-state index >= 15 is 0 Å². The van der Waals surface area contributed by atoms with Gasteiger partial charge in [-0.1, -0.05) is 36.4 Å². The predicted molar refractivity (Wildman–Crippen MR) is 104 cm³/mol. The zero-order valence-electron chi connectivity index (χ0n) is 14.8. The van der Waals surface area contributed by atoms with Gasteiger partial charge in [0.25, 0.3) is 0 Å². The van der Waals surface area contributed by atoms with Gasteiger partial charge in [0.05, 0.1) is 17.2 Å². The number of ether oxygens (including phenoxy) is 1. The van der Waals surface area contributed by atoms with Gasteiger partial charge in [0.1, 0.15) is 18.2 Å². The number of rotatable bonds is 6. The summed E-state index contributed by atoms with van der Waals surface area (Å²) >= 11 is 0. The van der Waals surface area contributed by atoms with Gasteiger partial charge in [-0.15, -0.1) is 0 Å². The lowest BCUT2D eigenvalue weighted by atomic mass is 10.0. The molecule has 0 fully saturated rings. The molecule has 4 nitrogen and oxygen atoms in total. The third-order valence-corrected chi connectivity index (χ3v) is 4.05. The standard InChI is InChI=1S/C23H16FNO3/c24-21-3-1-2-17(13-21)15-28-22-10-4-16(5-11-22)12-20(14-25)18-6-8-19(9-7-18)23(26)27/h1-13H,15H2,(H,26,27)/b20-12-. The number of carboxylic acid groups (broad SMARTS) is 1. The van der Waals surface area contributed by atoms with Gasteiger partial charge in [-0.3, -0.25) is 0 Å². The van der Waals surface area contributed by atoms with Crippen molar-refractivity contribution in [3.8, 4) is 11.8 Å². The first kappa shape index (κ1) is 18.9. The maximum atomic E-state index is 13.2. The van der Waals surface area contributed by atoms with Gasteiger partial charge >= 0.3 is 5.97 Å². The first-order chi connectivity index (χ1) is 13.5. The van der Waals surface area contributed by atoms with Crippen LogP contribution in [0.3, 0.4) is 0 Å². The normalized spacial score (nSPS) is 10.9. The average molecular weight is 373 g/mol. The highest BCUT2D eigenvalue weighted by atomic mass is 19.1. The number of carboxylic acids is 1. The number of carbonyl (C=O) groups is 1. The van der Waals surface area contributed by atoms with Crippen LogP contribution < -0.4 is 4.74 Å². The van der Waals surface area contributed by atoms with Gasteiger partial charge in [-0.25, -0.2) is 9.18 Å². The Hall–Kier alpha value is -3.91. The van der Waals surface area contributed by atoms with Crippen molar-refractivity contribution in [2.75, 3.05) is 0 Å². The van der Waals surface area contributed by atoms with Crippen LogP contribution in [0.2, 0.25) is 0 Å². The quantitative estimate of drug-likeness (QED) is 0.478. The lowest BCUT2D eigenvalue weighted by molar-refractivity contribution is 0.0697. The van der Waals surface area contributed by atoms with Crippen LogP contribution >= 0.6 is 0 Å². The summed E-state index contributed by atoms with van der Waals surface area (Å²) < 4.78 is 18.8. The van der Waals surface area contributed by atoms with Crippen LogP contribution in [0.25, 0.3) is 11.6 Å². The summed E-state index contributed by atoms with van der Waals surface area (Å²) in [6.07, 6.45) is 1.71. The van der Waals surface area contributed by atoms with E-state index in [0.717, 1.165) is 11.1 Å². The zero-order chi connectivity index (χ0) is 19.9. The van der Waals surface area contributed by atoms with Gasteiger partial charge in [0.15, 0.2) is 0 Å². The second-order valence-corrected chi connectivity index (χ2v) is 6.04. The number of nitriles is 1. The van der Waals surface area contributed by atoms with Crippen LogP contribution in [0.1, 0.15) is 27.0 Å². The van der Waals surface area contributed by atoms with Crippen LogP contribution in [-0.2, 0) is 6.61 Å². The predicted octanol–water partition coefficient (Wildman–Crippen LogP) is 5.17. The van der Waals surface area contributed by atoms with E-state index in [4.69, 9.17) is 9.84 Å². The minimum atomic E-state index is -1.01. The molecule has 3 aromatic rings. The molecule has 28 heavy (non-hydrogen) atoms. The Kier molecular flexibility index (Phi) is 5.83. The summed E-state index contributed by atoms with van der Waals surface area (Å²) in [5.41, 5.74) is 2.77. The zero-order valence-corrected chi connectivity index (χ0v) is 14.8. The van der Waals surface area contributed by atoms with Crippen molar-refractivity contribution in [1.29, 1.82) is 5.26 Å². The van der Waals surface area contributed by atoms with Crippen LogP contribution in [0.15, 0.2) is 72.8 Å². The molecule has 5 heteroatoms. The molecule has 0 saturated heterocycles. The molecule has 0 amide bonds.